The fourth-order valence-corrected chi connectivity index (χ4v) is 1.84. The van der Waals surface area contributed by atoms with E-state index >= 15 is 0 Å². The molecule has 12 nitrogen and oxygen atoms in total. The van der Waals surface area contributed by atoms with Gasteiger partial charge in [0.1, 0.15) is 18.1 Å². The van der Waals surface area contributed by atoms with Gasteiger partial charge in [0.25, 0.3) is 0 Å². The number of carboxylic acids is 2. The molecule has 0 aliphatic heterocycles. The Hall–Kier alpha value is -2.73. The molecule has 0 spiro atoms. The monoisotopic (exact) mass is 390 g/mol. The lowest BCUT2D eigenvalue weighted by Gasteiger charge is -2.24. The second-order valence-corrected chi connectivity index (χ2v) is 6.06. The highest BCUT2D eigenvalue weighted by Crippen LogP contribution is 2.00. The summed E-state index contributed by atoms with van der Waals surface area (Å²) in [7, 11) is 0. The highest BCUT2D eigenvalue weighted by Gasteiger charge is 2.30. The number of carboxylic acid groups (broad SMARTS) is 2. The van der Waals surface area contributed by atoms with Crippen LogP contribution in [0.5, 0.6) is 0 Å². The lowest BCUT2D eigenvalue weighted by Crippen LogP contribution is -2.59. The minimum Gasteiger partial charge on any atom is -0.481 e. The number of hydrogen-bond donors (Lipinski definition) is 7. The quantitative estimate of drug-likeness (QED) is 0.193. The Balaban J connectivity index is 4.83. The lowest BCUT2D eigenvalue weighted by atomic mass is 10.1. The third-order valence-corrected chi connectivity index (χ3v) is 3.55. The van der Waals surface area contributed by atoms with Crippen molar-refractivity contribution in [3.8, 4) is 0 Å². The number of carbonyl (C=O) groups excluding carboxylic acids is 3. The van der Waals surface area contributed by atoms with Crippen LogP contribution in [0.25, 0.3) is 0 Å². The van der Waals surface area contributed by atoms with E-state index in [1.165, 1.54) is 20.8 Å². The van der Waals surface area contributed by atoms with Crippen molar-refractivity contribution in [1.29, 1.82) is 0 Å². The number of aliphatic carboxylic acids is 2. The molecule has 12 heteroatoms. The molecule has 27 heavy (non-hydrogen) atoms. The summed E-state index contributed by atoms with van der Waals surface area (Å²) < 4.78 is 0. The fourth-order valence-electron chi connectivity index (χ4n) is 1.84. The molecule has 0 fully saturated rings. The zero-order chi connectivity index (χ0) is 21.3. The Labute approximate surface area is 155 Å². The predicted octanol–water partition coefficient (Wildman–Crippen LogP) is -2.86. The van der Waals surface area contributed by atoms with Gasteiger partial charge in [-0.15, -0.1) is 0 Å². The standard InChI is InChI=1S/C15H26N4O8/c1-6(12(23)18-7(2)15(26)27)17-14(25)11(8(3)20)19-13(24)9(16)4-5-10(21)22/h6-9,11,20H,4-5,16H2,1-3H3,(H,17,25)(H,18,23)(H,19,24)(H,21,22)(H,26,27). The van der Waals surface area contributed by atoms with Gasteiger partial charge in [0, 0.05) is 6.42 Å². The highest BCUT2D eigenvalue weighted by molar-refractivity contribution is 5.94. The molecule has 0 rings (SSSR count). The summed E-state index contributed by atoms with van der Waals surface area (Å²) in [6.45, 7) is 3.76. The SMILES string of the molecule is CC(NC(=O)C(C)NC(=O)C(NC(=O)C(N)CCC(=O)O)C(C)O)C(=O)O. The first kappa shape index (κ1) is 24.3. The minimum atomic E-state index is -1.44. The topological polar surface area (TPSA) is 208 Å². The molecule has 0 bridgehead atoms. The van der Waals surface area contributed by atoms with Crippen LogP contribution >= 0.6 is 0 Å². The average molecular weight is 390 g/mol. The molecule has 3 amide bonds. The molecule has 8 N–H and O–H groups in total. The summed E-state index contributed by atoms with van der Waals surface area (Å²) in [4.78, 5) is 57.3. The summed E-state index contributed by atoms with van der Waals surface area (Å²) in [5, 5.41) is 33.7. The van der Waals surface area contributed by atoms with E-state index in [1.807, 2.05) is 0 Å². The molecule has 0 aromatic heterocycles. The van der Waals surface area contributed by atoms with Gasteiger partial charge in [-0.2, -0.15) is 0 Å². The number of aliphatic hydroxyl groups is 1. The van der Waals surface area contributed by atoms with E-state index in [0.717, 1.165) is 0 Å². The second-order valence-electron chi connectivity index (χ2n) is 6.06. The smallest absolute Gasteiger partial charge is 0.325 e. The van der Waals surface area contributed by atoms with Crippen molar-refractivity contribution in [3.63, 3.8) is 0 Å². The molecule has 154 valence electrons. The van der Waals surface area contributed by atoms with E-state index in [0.29, 0.717) is 0 Å². The van der Waals surface area contributed by atoms with E-state index in [1.54, 1.807) is 0 Å². The molecule has 0 saturated heterocycles. The summed E-state index contributed by atoms with van der Waals surface area (Å²) in [5.41, 5.74) is 5.54. The maximum atomic E-state index is 12.2. The predicted molar refractivity (Wildman–Crippen MR) is 91.3 cm³/mol. The van der Waals surface area contributed by atoms with Crippen molar-refractivity contribution in [3.05, 3.63) is 0 Å². The summed E-state index contributed by atoms with van der Waals surface area (Å²) in [6.07, 6.45) is -1.85. The first-order chi connectivity index (χ1) is 12.4. The van der Waals surface area contributed by atoms with Crippen LogP contribution in [-0.4, -0.2) is 75.3 Å². The molecule has 0 heterocycles. The summed E-state index contributed by atoms with van der Waals surface area (Å²) in [6, 6.07) is -4.96. The first-order valence-electron chi connectivity index (χ1n) is 8.16. The van der Waals surface area contributed by atoms with Crippen LogP contribution in [0.1, 0.15) is 33.6 Å². The number of carbonyl (C=O) groups is 5. The van der Waals surface area contributed by atoms with Crippen LogP contribution < -0.4 is 21.7 Å². The van der Waals surface area contributed by atoms with Gasteiger partial charge in [0.2, 0.25) is 17.7 Å². The molecule has 0 aliphatic rings. The van der Waals surface area contributed by atoms with Crippen LogP contribution in [0.3, 0.4) is 0 Å². The van der Waals surface area contributed by atoms with Crippen LogP contribution in [0.4, 0.5) is 0 Å². The maximum absolute atomic E-state index is 12.2. The molecule has 5 atom stereocenters. The Morgan fingerprint density at radius 2 is 1.37 bits per heavy atom. The van der Waals surface area contributed by atoms with Gasteiger partial charge in [-0.05, 0) is 27.2 Å². The molecule has 0 radical (unpaired) electrons. The molecular formula is C15H26N4O8. The van der Waals surface area contributed by atoms with Crippen molar-refractivity contribution in [2.45, 2.75) is 63.9 Å². The van der Waals surface area contributed by atoms with Gasteiger partial charge in [0.15, 0.2) is 0 Å². The second kappa shape index (κ2) is 11.1. The zero-order valence-electron chi connectivity index (χ0n) is 15.3. The van der Waals surface area contributed by atoms with Crippen LogP contribution in [-0.2, 0) is 24.0 Å². The van der Waals surface area contributed by atoms with Crippen molar-refractivity contribution in [2.24, 2.45) is 5.73 Å². The van der Waals surface area contributed by atoms with E-state index < -0.39 is 59.9 Å². The van der Waals surface area contributed by atoms with Crippen molar-refractivity contribution in [2.75, 3.05) is 0 Å². The molecule has 0 aliphatic carbocycles. The van der Waals surface area contributed by atoms with Crippen molar-refractivity contribution >= 4 is 29.7 Å². The van der Waals surface area contributed by atoms with E-state index in [4.69, 9.17) is 15.9 Å². The zero-order valence-corrected chi connectivity index (χ0v) is 15.3. The third kappa shape index (κ3) is 8.96. The molecule has 0 aromatic rings. The van der Waals surface area contributed by atoms with Crippen LogP contribution in [0, 0.1) is 0 Å². The third-order valence-electron chi connectivity index (χ3n) is 3.55. The van der Waals surface area contributed by atoms with Crippen LogP contribution in [0.2, 0.25) is 0 Å². The summed E-state index contributed by atoms with van der Waals surface area (Å²) >= 11 is 0. The largest absolute Gasteiger partial charge is 0.481 e. The number of rotatable bonds is 11. The highest BCUT2D eigenvalue weighted by atomic mass is 16.4. The van der Waals surface area contributed by atoms with E-state index in [2.05, 4.69) is 16.0 Å². The molecule has 5 unspecified atom stereocenters. The Kier molecular flexibility index (Phi) is 9.96. The van der Waals surface area contributed by atoms with Gasteiger partial charge in [-0.25, -0.2) is 0 Å². The fraction of sp³-hybridized carbons (Fsp3) is 0.667. The number of nitrogens with one attached hydrogen (secondary N) is 3. The number of amides is 3. The summed E-state index contributed by atoms with van der Waals surface area (Å²) in [5.74, 6) is -4.90. The van der Waals surface area contributed by atoms with Gasteiger partial charge in [-0.1, -0.05) is 0 Å². The normalized spacial score (nSPS) is 16.2. The number of aliphatic hydroxyl groups excluding tert-OH is 1. The first-order valence-corrected chi connectivity index (χ1v) is 8.16. The lowest BCUT2D eigenvalue weighted by molar-refractivity contribution is -0.142. The Morgan fingerprint density at radius 1 is 0.852 bits per heavy atom. The van der Waals surface area contributed by atoms with E-state index in [-0.39, 0.29) is 12.8 Å². The Bertz CT molecular complexity index is 580. The van der Waals surface area contributed by atoms with Gasteiger partial charge in [0.05, 0.1) is 12.1 Å². The van der Waals surface area contributed by atoms with Crippen molar-refractivity contribution < 1.29 is 39.3 Å². The van der Waals surface area contributed by atoms with Crippen LogP contribution in [0.15, 0.2) is 0 Å². The number of hydrogen-bond acceptors (Lipinski definition) is 7. The van der Waals surface area contributed by atoms with Gasteiger partial charge >= 0.3 is 11.9 Å². The van der Waals surface area contributed by atoms with E-state index in [9.17, 15) is 29.1 Å². The molecular weight excluding hydrogens is 364 g/mol. The van der Waals surface area contributed by atoms with Crippen molar-refractivity contribution in [1.82, 2.24) is 16.0 Å². The number of nitrogens with two attached hydrogens (primary N) is 1. The Morgan fingerprint density at radius 3 is 1.81 bits per heavy atom. The van der Waals surface area contributed by atoms with Gasteiger partial charge in [-0.3, -0.25) is 24.0 Å². The minimum absolute atomic E-state index is 0.165. The molecule has 0 aromatic carbocycles. The molecule has 0 saturated carbocycles. The maximum Gasteiger partial charge on any atom is 0.325 e. The average Bonchev–Trinajstić information content (AvgIpc) is 2.56. The van der Waals surface area contributed by atoms with Gasteiger partial charge < -0.3 is 37.0 Å².